The summed E-state index contributed by atoms with van der Waals surface area (Å²) in [6, 6.07) is 31.8. The Balaban J connectivity index is 1.35. The van der Waals surface area contributed by atoms with Crippen molar-refractivity contribution in [3.8, 4) is 22.5 Å². The van der Waals surface area contributed by atoms with Gasteiger partial charge in [0.25, 0.3) is 0 Å². The minimum Gasteiger partial charge on any atom is -0.325 e. The van der Waals surface area contributed by atoms with E-state index in [0.29, 0.717) is 11.7 Å². The predicted octanol–water partition coefficient (Wildman–Crippen LogP) is 5.79. The second kappa shape index (κ2) is 10.8. The lowest BCUT2D eigenvalue weighted by Gasteiger charge is -2.12. The number of pyridine rings is 1. The van der Waals surface area contributed by atoms with Crippen molar-refractivity contribution in [1.29, 1.82) is 0 Å². The van der Waals surface area contributed by atoms with Crippen LogP contribution in [0.2, 0.25) is 0 Å². The van der Waals surface area contributed by atoms with Crippen LogP contribution in [0, 0.1) is 0 Å². The zero-order chi connectivity index (χ0) is 23.9. The molecule has 0 saturated carbocycles. The molecule has 35 heavy (non-hydrogen) atoms. The van der Waals surface area contributed by atoms with Crippen molar-refractivity contribution in [1.82, 2.24) is 19.7 Å². The van der Waals surface area contributed by atoms with Crippen LogP contribution in [0.15, 0.2) is 115 Å². The molecule has 0 bridgehead atoms. The fraction of sp³-hybridized carbons (Fsp3) is 0.0714. The number of nitrogens with one attached hydrogen (secondary N) is 1. The number of aromatic nitrogens is 4. The van der Waals surface area contributed by atoms with Crippen LogP contribution in [0.1, 0.15) is 5.56 Å². The van der Waals surface area contributed by atoms with Gasteiger partial charge in [0.1, 0.15) is 0 Å². The summed E-state index contributed by atoms with van der Waals surface area (Å²) in [6.07, 6.45) is 3.50. The zero-order valence-electron chi connectivity index (χ0n) is 18.9. The molecule has 0 spiro atoms. The standard InChI is InChI=1S/C28H23N5OS/c34-26(30-25-16-8-7-15-24(25)22-12-5-2-6-13-22)20-35-28-32-31-27(23-14-9-17-29-18-23)33(28)19-21-10-3-1-4-11-21/h1-18H,19-20H2,(H,30,34). The van der Waals surface area contributed by atoms with Gasteiger partial charge in [-0.1, -0.05) is 90.6 Å². The van der Waals surface area contributed by atoms with Gasteiger partial charge in [-0.15, -0.1) is 10.2 Å². The van der Waals surface area contributed by atoms with Gasteiger partial charge in [0.15, 0.2) is 11.0 Å². The van der Waals surface area contributed by atoms with Gasteiger partial charge in [0, 0.05) is 29.2 Å². The third kappa shape index (κ3) is 5.47. The van der Waals surface area contributed by atoms with E-state index >= 15 is 0 Å². The van der Waals surface area contributed by atoms with Crippen molar-refractivity contribution < 1.29 is 4.79 Å². The van der Waals surface area contributed by atoms with Gasteiger partial charge in [-0.25, -0.2) is 0 Å². The van der Waals surface area contributed by atoms with Crippen LogP contribution in [0.25, 0.3) is 22.5 Å². The molecule has 1 N–H and O–H groups in total. The molecule has 2 heterocycles. The van der Waals surface area contributed by atoms with Crippen LogP contribution < -0.4 is 5.32 Å². The van der Waals surface area contributed by atoms with Crippen LogP contribution in [0.4, 0.5) is 5.69 Å². The van der Waals surface area contributed by atoms with E-state index in [2.05, 4.69) is 32.6 Å². The van der Waals surface area contributed by atoms with E-state index in [1.807, 2.05) is 89.5 Å². The molecule has 7 heteroatoms. The number of nitrogens with zero attached hydrogens (tertiary/aromatic N) is 4. The van der Waals surface area contributed by atoms with E-state index in [-0.39, 0.29) is 11.7 Å². The molecule has 0 aliphatic carbocycles. The van der Waals surface area contributed by atoms with Crippen LogP contribution in [0.3, 0.4) is 0 Å². The highest BCUT2D eigenvalue weighted by atomic mass is 32.2. The average molecular weight is 478 g/mol. The number of benzene rings is 3. The molecule has 0 radical (unpaired) electrons. The Bertz CT molecular complexity index is 1410. The first-order chi connectivity index (χ1) is 17.3. The summed E-state index contributed by atoms with van der Waals surface area (Å²) >= 11 is 1.37. The number of thioether (sulfide) groups is 1. The number of para-hydroxylation sites is 1. The number of anilines is 1. The maximum absolute atomic E-state index is 12.9. The molecule has 5 aromatic rings. The Labute approximate surface area is 208 Å². The molecule has 1 amide bonds. The fourth-order valence-electron chi connectivity index (χ4n) is 3.79. The highest BCUT2D eigenvalue weighted by Crippen LogP contribution is 2.29. The number of rotatable bonds is 8. The Kier molecular flexibility index (Phi) is 6.96. The molecule has 172 valence electrons. The summed E-state index contributed by atoms with van der Waals surface area (Å²) in [6.45, 7) is 0.596. The lowest BCUT2D eigenvalue weighted by Crippen LogP contribution is -2.15. The number of carbonyl (C=O) groups excluding carboxylic acids is 1. The Morgan fingerprint density at radius 3 is 2.29 bits per heavy atom. The molecule has 3 aromatic carbocycles. The molecule has 0 fully saturated rings. The van der Waals surface area contributed by atoms with Crippen molar-refractivity contribution in [3.05, 3.63) is 115 Å². The quantitative estimate of drug-likeness (QED) is 0.287. The van der Waals surface area contributed by atoms with E-state index in [0.717, 1.165) is 33.8 Å². The number of amides is 1. The zero-order valence-corrected chi connectivity index (χ0v) is 19.7. The van der Waals surface area contributed by atoms with Crippen molar-refractivity contribution in [2.75, 3.05) is 11.1 Å². The smallest absolute Gasteiger partial charge is 0.234 e. The molecule has 0 saturated heterocycles. The molecule has 2 aromatic heterocycles. The highest BCUT2D eigenvalue weighted by molar-refractivity contribution is 7.99. The molecule has 0 aliphatic rings. The van der Waals surface area contributed by atoms with Gasteiger partial charge in [-0.3, -0.25) is 14.3 Å². The fourth-order valence-corrected chi connectivity index (χ4v) is 4.53. The molecule has 0 aliphatic heterocycles. The van der Waals surface area contributed by atoms with E-state index in [9.17, 15) is 4.79 Å². The average Bonchev–Trinajstić information content (AvgIpc) is 3.31. The van der Waals surface area contributed by atoms with Crippen LogP contribution in [-0.4, -0.2) is 31.4 Å². The summed E-state index contributed by atoms with van der Waals surface area (Å²) in [5.74, 6) is 0.832. The Morgan fingerprint density at radius 2 is 1.51 bits per heavy atom. The first-order valence-corrected chi connectivity index (χ1v) is 12.2. The lowest BCUT2D eigenvalue weighted by molar-refractivity contribution is -0.113. The van der Waals surface area contributed by atoms with Gasteiger partial charge in [-0.2, -0.15) is 0 Å². The monoisotopic (exact) mass is 477 g/mol. The summed E-state index contributed by atoms with van der Waals surface area (Å²) < 4.78 is 2.03. The van der Waals surface area contributed by atoms with Crippen LogP contribution in [-0.2, 0) is 11.3 Å². The molecule has 0 unspecified atom stereocenters. The van der Waals surface area contributed by atoms with Gasteiger partial charge in [0.2, 0.25) is 5.91 Å². The maximum Gasteiger partial charge on any atom is 0.234 e. The maximum atomic E-state index is 12.9. The number of hydrogen-bond acceptors (Lipinski definition) is 5. The van der Waals surface area contributed by atoms with Gasteiger partial charge in [-0.05, 0) is 29.3 Å². The molecular weight excluding hydrogens is 454 g/mol. The second-order valence-electron chi connectivity index (χ2n) is 7.87. The van der Waals surface area contributed by atoms with E-state index in [4.69, 9.17) is 0 Å². The lowest BCUT2D eigenvalue weighted by atomic mass is 10.0. The van der Waals surface area contributed by atoms with Crippen molar-refractivity contribution in [2.45, 2.75) is 11.7 Å². The van der Waals surface area contributed by atoms with Gasteiger partial charge < -0.3 is 5.32 Å². The van der Waals surface area contributed by atoms with Crippen molar-refractivity contribution in [3.63, 3.8) is 0 Å². The Morgan fingerprint density at radius 1 is 0.800 bits per heavy atom. The van der Waals surface area contributed by atoms with Crippen LogP contribution >= 0.6 is 11.8 Å². The number of hydrogen-bond donors (Lipinski definition) is 1. The molecule has 5 rings (SSSR count). The minimum atomic E-state index is -0.101. The first-order valence-electron chi connectivity index (χ1n) is 11.2. The summed E-state index contributed by atoms with van der Waals surface area (Å²) in [5, 5.41) is 12.6. The first kappa shape index (κ1) is 22.6. The second-order valence-corrected chi connectivity index (χ2v) is 8.81. The SMILES string of the molecule is O=C(CSc1nnc(-c2cccnc2)n1Cc1ccccc1)Nc1ccccc1-c1ccccc1. The Hall–Kier alpha value is -4.23. The van der Waals surface area contributed by atoms with E-state index in [1.165, 1.54) is 11.8 Å². The summed E-state index contributed by atoms with van der Waals surface area (Å²) in [5.41, 5.74) is 4.83. The summed E-state index contributed by atoms with van der Waals surface area (Å²) in [7, 11) is 0. The number of carbonyl (C=O) groups is 1. The highest BCUT2D eigenvalue weighted by Gasteiger charge is 2.17. The van der Waals surface area contributed by atoms with Crippen molar-refractivity contribution in [2.24, 2.45) is 0 Å². The molecule has 0 atom stereocenters. The minimum absolute atomic E-state index is 0.101. The molecule has 6 nitrogen and oxygen atoms in total. The van der Waals surface area contributed by atoms with Gasteiger partial charge >= 0.3 is 0 Å². The largest absolute Gasteiger partial charge is 0.325 e. The third-order valence-corrected chi connectivity index (χ3v) is 6.41. The topological polar surface area (TPSA) is 72.7 Å². The third-order valence-electron chi connectivity index (χ3n) is 5.44. The summed E-state index contributed by atoms with van der Waals surface area (Å²) in [4.78, 5) is 17.1. The van der Waals surface area contributed by atoms with E-state index < -0.39 is 0 Å². The molecular formula is C28H23N5OS. The van der Waals surface area contributed by atoms with Gasteiger partial charge in [0.05, 0.1) is 12.3 Å². The predicted molar refractivity (Wildman–Crippen MR) is 140 cm³/mol. The normalized spacial score (nSPS) is 10.7. The van der Waals surface area contributed by atoms with Crippen molar-refractivity contribution >= 4 is 23.4 Å². The van der Waals surface area contributed by atoms with Crippen LogP contribution in [0.5, 0.6) is 0 Å². The van der Waals surface area contributed by atoms with E-state index in [1.54, 1.807) is 12.4 Å².